The molecule has 106 valence electrons. The zero-order chi connectivity index (χ0) is 14.5. The van der Waals surface area contributed by atoms with Crippen molar-refractivity contribution in [2.75, 3.05) is 0 Å². The van der Waals surface area contributed by atoms with Gasteiger partial charge in [0.15, 0.2) is 0 Å². The molecule has 0 radical (unpaired) electrons. The van der Waals surface area contributed by atoms with Crippen LogP contribution in [0.15, 0.2) is 30.3 Å². The fourth-order valence-corrected chi connectivity index (χ4v) is 2.13. The number of aromatic nitrogens is 2. The maximum atomic E-state index is 13.2. The standard InChI is InChI=1S/C16H20FN3/c1-3-14(18)10-15-7-11(2)19-16(20-15)9-12-5-4-6-13(17)8-12/h4-8,14H,3,9-10,18H2,1-2H3. The lowest BCUT2D eigenvalue weighted by molar-refractivity contribution is 0.625. The molecule has 3 nitrogen and oxygen atoms in total. The van der Waals surface area contributed by atoms with Gasteiger partial charge in [-0.05, 0) is 37.1 Å². The van der Waals surface area contributed by atoms with Gasteiger partial charge in [-0.3, -0.25) is 0 Å². The van der Waals surface area contributed by atoms with E-state index in [9.17, 15) is 4.39 Å². The van der Waals surface area contributed by atoms with Crippen molar-refractivity contribution in [3.8, 4) is 0 Å². The lowest BCUT2D eigenvalue weighted by Gasteiger charge is -2.10. The van der Waals surface area contributed by atoms with E-state index in [1.165, 1.54) is 12.1 Å². The number of nitrogens with zero attached hydrogens (tertiary/aromatic N) is 2. The topological polar surface area (TPSA) is 51.8 Å². The lowest BCUT2D eigenvalue weighted by Crippen LogP contribution is -2.22. The summed E-state index contributed by atoms with van der Waals surface area (Å²) < 4.78 is 13.2. The Morgan fingerprint density at radius 1 is 1.25 bits per heavy atom. The second-order valence-corrected chi connectivity index (χ2v) is 5.10. The van der Waals surface area contributed by atoms with Crippen molar-refractivity contribution in [1.29, 1.82) is 0 Å². The summed E-state index contributed by atoms with van der Waals surface area (Å²) in [5, 5.41) is 0. The Labute approximate surface area is 119 Å². The SMILES string of the molecule is CCC(N)Cc1cc(C)nc(Cc2cccc(F)c2)n1. The highest BCUT2D eigenvalue weighted by Gasteiger charge is 2.07. The van der Waals surface area contributed by atoms with Crippen LogP contribution in [-0.4, -0.2) is 16.0 Å². The normalized spacial score (nSPS) is 12.4. The van der Waals surface area contributed by atoms with Crippen molar-refractivity contribution < 1.29 is 4.39 Å². The number of hydrogen-bond acceptors (Lipinski definition) is 3. The summed E-state index contributed by atoms with van der Waals surface area (Å²) in [7, 11) is 0. The molecular formula is C16H20FN3. The van der Waals surface area contributed by atoms with Crippen LogP contribution >= 0.6 is 0 Å². The van der Waals surface area contributed by atoms with Gasteiger partial charge in [0.05, 0.1) is 0 Å². The lowest BCUT2D eigenvalue weighted by atomic mass is 10.1. The van der Waals surface area contributed by atoms with Crippen molar-refractivity contribution in [3.63, 3.8) is 0 Å². The van der Waals surface area contributed by atoms with Crippen LogP contribution in [0.3, 0.4) is 0 Å². The fourth-order valence-electron chi connectivity index (χ4n) is 2.13. The highest BCUT2D eigenvalue weighted by Crippen LogP contribution is 2.10. The first-order valence-electron chi connectivity index (χ1n) is 6.90. The molecule has 1 unspecified atom stereocenters. The van der Waals surface area contributed by atoms with Crippen LogP contribution in [0.4, 0.5) is 4.39 Å². The van der Waals surface area contributed by atoms with Gasteiger partial charge < -0.3 is 5.73 Å². The molecule has 4 heteroatoms. The van der Waals surface area contributed by atoms with E-state index < -0.39 is 0 Å². The largest absolute Gasteiger partial charge is 0.327 e. The van der Waals surface area contributed by atoms with E-state index in [1.807, 2.05) is 19.1 Å². The van der Waals surface area contributed by atoms with E-state index in [0.29, 0.717) is 12.2 Å². The summed E-state index contributed by atoms with van der Waals surface area (Å²) in [4.78, 5) is 8.95. The predicted molar refractivity (Wildman–Crippen MR) is 77.9 cm³/mol. The zero-order valence-electron chi connectivity index (χ0n) is 11.9. The molecule has 20 heavy (non-hydrogen) atoms. The van der Waals surface area contributed by atoms with Gasteiger partial charge in [-0.25, -0.2) is 14.4 Å². The van der Waals surface area contributed by atoms with Crippen LogP contribution in [0, 0.1) is 12.7 Å². The van der Waals surface area contributed by atoms with E-state index in [-0.39, 0.29) is 11.9 Å². The number of nitrogens with two attached hydrogens (primary N) is 1. The molecule has 1 heterocycles. The van der Waals surface area contributed by atoms with Crippen molar-refractivity contribution >= 4 is 0 Å². The van der Waals surface area contributed by atoms with Crippen LogP contribution in [0.2, 0.25) is 0 Å². The first-order chi connectivity index (χ1) is 9.56. The second-order valence-electron chi connectivity index (χ2n) is 5.10. The minimum Gasteiger partial charge on any atom is -0.327 e. The van der Waals surface area contributed by atoms with E-state index in [4.69, 9.17) is 5.73 Å². The molecular weight excluding hydrogens is 253 g/mol. The van der Waals surface area contributed by atoms with Crippen LogP contribution < -0.4 is 5.73 Å². The Morgan fingerprint density at radius 2 is 2.05 bits per heavy atom. The average Bonchev–Trinajstić information content (AvgIpc) is 2.37. The molecule has 0 amide bonds. The van der Waals surface area contributed by atoms with Crippen LogP contribution in [-0.2, 0) is 12.8 Å². The third-order valence-electron chi connectivity index (χ3n) is 3.20. The van der Waals surface area contributed by atoms with Gasteiger partial charge in [-0.15, -0.1) is 0 Å². The summed E-state index contributed by atoms with van der Waals surface area (Å²) in [5.74, 6) is 0.484. The Morgan fingerprint density at radius 3 is 2.75 bits per heavy atom. The molecule has 1 aromatic heterocycles. The molecule has 2 aromatic rings. The van der Waals surface area contributed by atoms with Gasteiger partial charge in [0.2, 0.25) is 0 Å². The summed E-state index contributed by atoms with van der Waals surface area (Å²) in [5.41, 5.74) is 8.72. The molecule has 0 saturated heterocycles. The maximum Gasteiger partial charge on any atom is 0.133 e. The minimum atomic E-state index is -0.233. The Bertz CT molecular complexity index is 584. The summed E-state index contributed by atoms with van der Waals surface area (Å²) in [6, 6.07) is 8.62. The van der Waals surface area contributed by atoms with E-state index in [2.05, 4.69) is 16.9 Å². The number of aryl methyl sites for hydroxylation is 1. The number of benzene rings is 1. The smallest absolute Gasteiger partial charge is 0.133 e. The Hall–Kier alpha value is -1.81. The molecule has 2 N–H and O–H groups in total. The first kappa shape index (κ1) is 14.6. The molecule has 0 spiro atoms. The zero-order valence-corrected chi connectivity index (χ0v) is 11.9. The van der Waals surface area contributed by atoms with E-state index in [0.717, 1.165) is 29.8 Å². The second kappa shape index (κ2) is 6.57. The number of hydrogen-bond donors (Lipinski definition) is 1. The van der Waals surface area contributed by atoms with Crippen molar-refractivity contribution in [2.24, 2.45) is 5.73 Å². The van der Waals surface area contributed by atoms with Gasteiger partial charge in [0, 0.05) is 30.3 Å². The summed E-state index contributed by atoms with van der Waals surface area (Å²) in [6.45, 7) is 4.00. The van der Waals surface area contributed by atoms with Gasteiger partial charge in [0.1, 0.15) is 11.6 Å². The van der Waals surface area contributed by atoms with Crippen molar-refractivity contribution in [3.05, 3.63) is 58.9 Å². The minimum absolute atomic E-state index is 0.117. The molecule has 1 aromatic carbocycles. The predicted octanol–water partition coefficient (Wildman–Crippen LogP) is 2.79. The summed E-state index contributed by atoms with van der Waals surface area (Å²) >= 11 is 0. The number of rotatable bonds is 5. The highest BCUT2D eigenvalue weighted by atomic mass is 19.1. The molecule has 0 fully saturated rings. The van der Waals surface area contributed by atoms with Crippen molar-refractivity contribution in [1.82, 2.24) is 9.97 Å². The highest BCUT2D eigenvalue weighted by molar-refractivity contribution is 5.21. The quantitative estimate of drug-likeness (QED) is 0.911. The maximum absolute atomic E-state index is 13.2. The Balaban J connectivity index is 2.19. The molecule has 0 saturated carbocycles. The summed E-state index contributed by atoms with van der Waals surface area (Å²) in [6.07, 6.45) is 2.20. The van der Waals surface area contributed by atoms with Gasteiger partial charge in [-0.1, -0.05) is 19.1 Å². The molecule has 2 rings (SSSR count). The van der Waals surface area contributed by atoms with Crippen LogP contribution in [0.25, 0.3) is 0 Å². The molecule has 1 atom stereocenters. The Kier molecular flexibility index (Phi) is 4.79. The molecule has 0 aliphatic rings. The van der Waals surface area contributed by atoms with Crippen molar-refractivity contribution in [2.45, 2.75) is 39.2 Å². The molecule has 0 bridgehead atoms. The van der Waals surface area contributed by atoms with Crippen LogP contribution in [0.5, 0.6) is 0 Å². The van der Waals surface area contributed by atoms with E-state index in [1.54, 1.807) is 6.07 Å². The van der Waals surface area contributed by atoms with Gasteiger partial charge in [0.25, 0.3) is 0 Å². The van der Waals surface area contributed by atoms with Gasteiger partial charge >= 0.3 is 0 Å². The average molecular weight is 273 g/mol. The fraction of sp³-hybridized carbons (Fsp3) is 0.375. The van der Waals surface area contributed by atoms with E-state index >= 15 is 0 Å². The third kappa shape index (κ3) is 4.10. The van der Waals surface area contributed by atoms with Gasteiger partial charge in [-0.2, -0.15) is 0 Å². The molecule has 0 aliphatic carbocycles. The monoisotopic (exact) mass is 273 g/mol. The first-order valence-corrected chi connectivity index (χ1v) is 6.90. The number of halogens is 1. The molecule has 0 aliphatic heterocycles. The third-order valence-corrected chi connectivity index (χ3v) is 3.20. The van der Waals surface area contributed by atoms with Crippen LogP contribution in [0.1, 0.15) is 36.1 Å².